The number of nitrogens with zero attached hydrogens (tertiary/aromatic N) is 2. The fraction of sp³-hybridized carbons (Fsp3) is 0.393. The summed E-state index contributed by atoms with van der Waals surface area (Å²) in [5, 5.41) is 8.03. The van der Waals surface area contributed by atoms with Gasteiger partial charge in [-0.15, -0.1) is 0 Å². The third-order valence-corrected chi connectivity index (χ3v) is 7.05. The van der Waals surface area contributed by atoms with Gasteiger partial charge in [0.05, 0.1) is 13.0 Å². The van der Waals surface area contributed by atoms with Crippen molar-refractivity contribution in [2.24, 2.45) is 0 Å². The van der Waals surface area contributed by atoms with Crippen LogP contribution in [0.25, 0.3) is 0 Å². The first-order valence-electron chi connectivity index (χ1n) is 13.1. The van der Waals surface area contributed by atoms with Crippen molar-refractivity contribution in [3.63, 3.8) is 0 Å². The van der Waals surface area contributed by atoms with Crippen molar-refractivity contribution in [3.8, 4) is 0 Å². The molecule has 3 saturated heterocycles. The van der Waals surface area contributed by atoms with E-state index in [1.807, 2.05) is 30.3 Å². The van der Waals surface area contributed by atoms with E-state index in [1.54, 1.807) is 30.3 Å². The van der Waals surface area contributed by atoms with Gasteiger partial charge >= 0.3 is 5.97 Å². The molecule has 5 rings (SSSR count). The van der Waals surface area contributed by atoms with Gasteiger partial charge in [0, 0.05) is 18.5 Å². The van der Waals surface area contributed by atoms with Gasteiger partial charge in [0.2, 0.25) is 18.1 Å². The van der Waals surface area contributed by atoms with E-state index in [1.165, 1.54) is 10.0 Å². The predicted octanol–water partition coefficient (Wildman–Crippen LogP) is 1.29. The molecule has 2 N–H and O–H groups in total. The van der Waals surface area contributed by atoms with Gasteiger partial charge < -0.3 is 20.1 Å². The summed E-state index contributed by atoms with van der Waals surface area (Å²) in [5.41, 5.74) is 1.27. The van der Waals surface area contributed by atoms with E-state index in [-0.39, 0.29) is 31.8 Å². The highest BCUT2D eigenvalue weighted by molar-refractivity contribution is 5.99. The summed E-state index contributed by atoms with van der Waals surface area (Å²) < 4.78 is 11.1. The van der Waals surface area contributed by atoms with Crippen LogP contribution in [0.3, 0.4) is 0 Å². The minimum absolute atomic E-state index is 0.0523. The molecule has 3 fully saturated rings. The van der Waals surface area contributed by atoms with Crippen LogP contribution >= 0.6 is 0 Å². The van der Waals surface area contributed by atoms with E-state index in [0.717, 1.165) is 5.56 Å². The number of cyclic esters (lactones) is 1. The number of amides is 4. The highest BCUT2D eigenvalue weighted by Gasteiger charge is 2.46. The minimum Gasteiger partial charge on any atom is -0.433 e. The number of carbonyl (C=O) groups excluding carboxylic acids is 5. The summed E-state index contributed by atoms with van der Waals surface area (Å²) in [6, 6.07) is 15.1. The molecule has 2 aromatic rings. The van der Waals surface area contributed by atoms with E-state index in [4.69, 9.17) is 9.47 Å². The van der Waals surface area contributed by atoms with E-state index < -0.39 is 48.1 Å². The first kappa shape index (κ1) is 26.4. The molecule has 0 radical (unpaired) electrons. The van der Waals surface area contributed by atoms with Gasteiger partial charge in [0.15, 0.2) is 0 Å². The Morgan fingerprint density at radius 2 is 1.67 bits per heavy atom. The van der Waals surface area contributed by atoms with Crippen molar-refractivity contribution in [1.82, 2.24) is 20.7 Å². The average Bonchev–Trinajstić information content (AvgIpc) is 3.26. The fourth-order valence-electron chi connectivity index (χ4n) is 5.07. The van der Waals surface area contributed by atoms with Crippen LogP contribution < -0.4 is 10.6 Å². The maximum absolute atomic E-state index is 13.7. The Morgan fingerprint density at radius 3 is 2.41 bits per heavy atom. The molecular formula is C28H30N4O7. The van der Waals surface area contributed by atoms with Crippen molar-refractivity contribution in [2.75, 3.05) is 6.54 Å². The molecule has 0 aliphatic carbocycles. The summed E-state index contributed by atoms with van der Waals surface area (Å²) in [4.78, 5) is 64.9. The van der Waals surface area contributed by atoms with Gasteiger partial charge in [-0.05, 0) is 37.0 Å². The topological polar surface area (TPSA) is 134 Å². The number of hydrogen-bond acceptors (Lipinski definition) is 7. The van der Waals surface area contributed by atoms with Crippen molar-refractivity contribution in [2.45, 2.75) is 63.1 Å². The lowest BCUT2D eigenvalue weighted by molar-refractivity contribution is -0.177. The molecule has 0 saturated carbocycles. The van der Waals surface area contributed by atoms with Gasteiger partial charge in [-0.25, -0.2) is 5.01 Å². The van der Waals surface area contributed by atoms with Gasteiger partial charge in [-0.1, -0.05) is 48.5 Å². The Hall–Kier alpha value is -4.25. The van der Waals surface area contributed by atoms with Crippen molar-refractivity contribution < 1.29 is 33.4 Å². The normalized spacial score (nSPS) is 25.0. The molecule has 4 amide bonds. The molecule has 0 aromatic heterocycles. The van der Waals surface area contributed by atoms with Crippen LogP contribution in [0.4, 0.5) is 0 Å². The minimum atomic E-state index is -0.991. The smallest absolute Gasteiger partial charge is 0.310 e. The SMILES string of the molecule is O=C1C[C@H](NC(=O)[C@@H]2CCCN3C(=O)CC[C@H](NC(=O)c4ccccc4)C(=O)N23)[C@@H](OCc2ccccc2)O1. The monoisotopic (exact) mass is 534 g/mol. The lowest BCUT2D eigenvalue weighted by atomic mass is 10.0. The van der Waals surface area contributed by atoms with Crippen LogP contribution in [-0.2, 0) is 35.3 Å². The second kappa shape index (κ2) is 11.6. The van der Waals surface area contributed by atoms with Crippen LogP contribution in [0.2, 0.25) is 0 Å². The number of benzene rings is 2. The number of fused-ring (bicyclic) bond motifs is 1. The molecular weight excluding hydrogens is 504 g/mol. The van der Waals surface area contributed by atoms with E-state index >= 15 is 0 Å². The van der Waals surface area contributed by atoms with Crippen molar-refractivity contribution >= 4 is 29.6 Å². The Bertz CT molecular complexity index is 1240. The number of ether oxygens (including phenoxy) is 2. The highest BCUT2D eigenvalue weighted by Crippen LogP contribution is 2.26. The summed E-state index contributed by atoms with van der Waals surface area (Å²) in [6.45, 7) is 0.478. The Morgan fingerprint density at radius 1 is 0.949 bits per heavy atom. The van der Waals surface area contributed by atoms with Gasteiger partial charge in [0.1, 0.15) is 18.1 Å². The number of nitrogens with one attached hydrogen (secondary N) is 2. The number of hydrazine groups is 1. The second-order valence-corrected chi connectivity index (χ2v) is 9.76. The largest absolute Gasteiger partial charge is 0.433 e. The van der Waals surface area contributed by atoms with Gasteiger partial charge in [-0.2, -0.15) is 0 Å². The first-order chi connectivity index (χ1) is 18.9. The second-order valence-electron chi connectivity index (χ2n) is 9.76. The molecule has 0 bridgehead atoms. The molecule has 3 aliphatic heterocycles. The number of rotatable bonds is 7. The van der Waals surface area contributed by atoms with E-state index in [0.29, 0.717) is 24.9 Å². The van der Waals surface area contributed by atoms with Crippen LogP contribution in [0.15, 0.2) is 60.7 Å². The standard InChI is InChI=1S/C28H30N4O7/c33-23-14-13-20(29-25(35)19-10-5-2-6-11-19)27(37)32-22(12-7-15-31(23)32)26(36)30-21-16-24(34)39-28(21)38-17-18-8-3-1-4-9-18/h1-6,8-11,20-22,28H,7,12-17H2,(H,29,35)(H,30,36)/t20-,21-,22-,28-/m0/s1. The molecule has 3 heterocycles. The van der Waals surface area contributed by atoms with Crippen LogP contribution in [0.5, 0.6) is 0 Å². The van der Waals surface area contributed by atoms with E-state index in [2.05, 4.69) is 10.6 Å². The third-order valence-electron chi connectivity index (χ3n) is 7.05. The lowest BCUT2D eigenvalue weighted by Crippen LogP contribution is -2.64. The van der Waals surface area contributed by atoms with Crippen molar-refractivity contribution in [1.29, 1.82) is 0 Å². The Kier molecular flexibility index (Phi) is 7.87. The molecule has 39 heavy (non-hydrogen) atoms. The molecule has 204 valence electrons. The number of carbonyl (C=O) groups is 5. The Labute approximate surface area is 225 Å². The Balaban J connectivity index is 1.29. The zero-order chi connectivity index (χ0) is 27.4. The van der Waals surface area contributed by atoms with Crippen molar-refractivity contribution in [3.05, 3.63) is 71.8 Å². The quantitative estimate of drug-likeness (QED) is 0.511. The molecule has 3 aliphatic rings. The number of hydrogen-bond donors (Lipinski definition) is 2. The predicted molar refractivity (Wildman–Crippen MR) is 136 cm³/mol. The molecule has 4 atom stereocenters. The highest BCUT2D eigenvalue weighted by atomic mass is 16.7. The molecule has 11 nitrogen and oxygen atoms in total. The molecule has 0 spiro atoms. The molecule has 0 unspecified atom stereocenters. The molecule has 2 aromatic carbocycles. The number of esters is 1. The van der Waals surface area contributed by atoms with E-state index in [9.17, 15) is 24.0 Å². The summed E-state index contributed by atoms with van der Waals surface area (Å²) in [7, 11) is 0. The summed E-state index contributed by atoms with van der Waals surface area (Å²) in [6.07, 6.45) is -0.0555. The zero-order valence-electron chi connectivity index (χ0n) is 21.3. The van der Waals surface area contributed by atoms with Crippen LogP contribution in [0.1, 0.15) is 48.0 Å². The fourth-order valence-corrected chi connectivity index (χ4v) is 5.07. The summed E-state index contributed by atoms with van der Waals surface area (Å²) >= 11 is 0. The van der Waals surface area contributed by atoms with Crippen LogP contribution in [0, 0.1) is 0 Å². The van der Waals surface area contributed by atoms with Crippen LogP contribution in [-0.4, -0.2) is 70.6 Å². The third kappa shape index (κ3) is 5.93. The van der Waals surface area contributed by atoms with Gasteiger partial charge in [0.25, 0.3) is 11.8 Å². The average molecular weight is 535 g/mol. The lowest BCUT2D eigenvalue weighted by Gasteiger charge is -2.43. The van der Waals surface area contributed by atoms with Gasteiger partial charge in [-0.3, -0.25) is 29.0 Å². The maximum atomic E-state index is 13.7. The maximum Gasteiger partial charge on any atom is 0.310 e. The summed E-state index contributed by atoms with van der Waals surface area (Å²) in [5.74, 6) is -2.28. The molecule has 11 heteroatoms. The first-order valence-corrected chi connectivity index (χ1v) is 13.1. The zero-order valence-corrected chi connectivity index (χ0v) is 21.3.